The molecule has 0 radical (unpaired) electrons. The molecule has 0 amide bonds. The molecular weight excluding hydrogens is 196 g/mol. The minimum atomic E-state index is 0.195. The van der Waals surface area contributed by atoms with Crippen molar-refractivity contribution in [3.8, 4) is 0 Å². The molecule has 90 valence electrons. The lowest BCUT2D eigenvalue weighted by atomic mass is 10.0. The zero-order valence-corrected chi connectivity index (χ0v) is 11.2. The number of rotatable bonds is 4. The van der Waals surface area contributed by atoms with Crippen molar-refractivity contribution in [1.29, 1.82) is 0 Å². The minimum Gasteiger partial charge on any atom is -0.312 e. The second kappa shape index (κ2) is 5.44. The fourth-order valence-electron chi connectivity index (χ4n) is 1.75. The van der Waals surface area contributed by atoms with E-state index in [1.807, 2.05) is 12.3 Å². The van der Waals surface area contributed by atoms with Gasteiger partial charge in [-0.25, -0.2) is 0 Å². The average molecular weight is 220 g/mol. The van der Waals surface area contributed by atoms with Crippen molar-refractivity contribution in [1.82, 2.24) is 10.3 Å². The van der Waals surface area contributed by atoms with E-state index in [4.69, 9.17) is 0 Å². The summed E-state index contributed by atoms with van der Waals surface area (Å²) in [4.78, 5) is 4.47. The highest BCUT2D eigenvalue weighted by atomic mass is 14.9. The van der Waals surface area contributed by atoms with Gasteiger partial charge in [0.2, 0.25) is 0 Å². The number of pyridine rings is 1. The molecule has 0 aromatic carbocycles. The van der Waals surface area contributed by atoms with Gasteiger partial charge in [0.15, 0.2) is 0 Å². The van der Waals surface area contributed by atoms with Gasteiger partial charge in [-0.3, -0.25) is 4.98 Å². The Hall–Kier alpha value is -0.890. The molecule has 0 spiro atoms. The molecule has 0 fully saturated rings. The van der Waals surface area contributed by atoms with Gasteiger partial charge >= 0.3 is 0 Å². The third-order valence-corrected chi connectivity index (χ3v) is 2.52. The van der Waals surface area contributed by atoms with Crippen molar-refractivity contribution >= 4 is 0 Å². The fourth-order valence-corrected chi connectivity index (χ4v) is 1.75. The molecule has 2 heteroatoms. The smallest absolute Gasteiger partial charge is 0.0461 e. The summed E-state index contributed by atoms with van der Waals surface area (Å²) >= 11 is 0. The van der Waals surface area contributed by atoms with Crippen molar-refractivity contribution in [2.75, 3.05) is 6.54 Å². The monoisotopic (exact) mass is 220 g/mol. The highest BCUT2D eigenvalue weighted by molar-refractivity contribution is 5.22. The van der Waals surface area contributed by atoms with Gasteiger partial charge in [0.25, 0.3) is 0 Å². The molecule has 0 atom stereocenters. The predicted octanol–water partition coefficient (Wildman–Crippen LogP) is 3.14. The number of nitrogens with one attached hydrogen (secondary N) is 1. The summed E-state index contributed by atoms with van der Waals surface area (Å²) in [5.41, 5.74) is 2.80. The van der Waals surface area contributed by atoms with E-state index in [-0.39, 0.29) is 5.54 Å². The summed E-state index contributed by atoms with van der Waals surface area (Å²) in [7, 11) is 0. The van der Waals surface area contributed by atoms with E-state index >= 15 is 0 Å². The van der Waals surface area contributed by atoms with Gasteiger partial charge in [-0.15, -0.1) is 0 Å². The Balaban J connectivity index is 2.60. The van der Waals surface area contributed by atoms with Crippen LogP contribution in [-0.2, 0) is 6.42 Å². The molecule has 0 saturated carbocycles. The van der Waals surface area contributed by atoms with Crippen LogP contribution in [0.4, 0.5) is 0 Å². The maximum Gasteiger partial charge on any atom is 0.0461 e. The number of nitrogens with zero attached hydrogens (tertiary/aromatic N) is 1. The summed E-state index contributed by atoms with van der Waals surface area (Å²) in [5, 5.41) is 3.51. The third kappa shape index (κ3) is 4.31. The summed E-state index contributed by atoms with van der Waals surface area (Å²) in [5.74, 6) is 0.505. The van der Waals surface area contributed by atoms with Crippen LogP contribution in [0.25, 0.3) is 0 Å². The second-order valence-electron chi connectivity index (χ2n) is 5.63. The third-order valence-electron chi connectivity index (χ3n) is 2.52. The van der Waals surface area contributed by atoms with Crippen LogP contribution in [0.3, 0.4) is 0 Å². The molecule has 0 aliphatic carbocycles. The van der Waals surface area contributed by atoms with Crippen LogP contribution in [0.15, 0.2) is 18.3 Å². The Morgan fingerprint density at radius 3 is 2.56 bits per heavy atom. The van der Waals surface area contributed by atoms with Crippen LogP contribution >= 0.6 is 0 Å². The highest BCUT2D eigenvalue weighted by Crippen LogP contribution is 2.16. The van der Waals surface area contributed by atoms with Crippen LogP contribution in [-0.4, -0.2) is 17.1 Å². The van der Waals surface area contributed by atoms with Crippen molar-refractivity contribution in [3.05, 3.63) is 29.6 Å². The van der Waals surface area contributed by atoms with Crippen LogP contribution in [0.1, 0.15) is 51.8 Å². The number of hydrogen-bond acceptors (Lipinski definition) is 2. The fraction of sp³-hybridized carbons (Fsp3) is 0.643. The van der Waals surface area contributed by atoms with E-state index in [9.17, 15) is 0 Å². The van der Waals surface area contributed by atoms with Crippen LogP contribution in [0, 0.1) is 0 Å². The van der Waals surface area contributed by atoms with Gasteiger partial charge in [0, 0.05) is 17.4 Å². The van der Waals surface area contributed by atoms with Crippen molar-refractivity contribution in [3.63, 3.8) is 0 Å². The zero-order valence-electron chi connectivity index (χ0n) is 11.2. The van der Waals surface area contributed by atoms with Gasteiger partial charge < -0.3 is 5.32 Å². The van der Waals surface area contributed by atoms with Gasteiger partial charge in [0.1, 0.15) is 0 Å². The van der Waals surface area contributed by atoms with Gasteiger partial charge in [0.05, 0.1) is 0 Å². The SMILES string of the molecule is CC(C)c1ncccc1CCNC(C)(C)C. The molecule has 2 nitrogen and oxygen atoms in total. The van der Waals surface area contributed by atoms with Crippen molar-refractivity contribution < 1.29 is 0 Å². The van der Waals surface area contributed by atoms with Crippen molar-refractivity contribution in [2.24, 2.45) is 0 Å². The van der Waals surface area contributed by atoms with E-state index in [2.05, 4.69) is 51.0 Å². The van der Waals surface area contributed by atoms with Crippen LogP contribution in [0.5, 0.6) is 0 Å². The van der Waals surface area contributed by atoms with Gasteiger partial charge in [-0.05, 0) is 51.3 Å². The van der Waals surface area contributed by atoms with Crippen LogP contribution < -0.4 is 5.32 Å². The molecule has 0 aliphatic rings. The lowest BCUT2D eigenvalue weighted by Crippen LogP contribution is -2.37. The first-order valence-corrected chi connectivity index (χ1v) is 6.09. The molecule has 1 rings (SSSR count). The molecule has 0 saturated heterocycles. The summed E-state index contributed by atoms with van der Waals surface area (Å²) in [6, 6.07) is 4.21. The normalized spacial score (nSPS) is 12.1. The maximum absolute atomic E-state index is 4.47. The van der Waals surface area contributed by atoms with E-state index in [0.29, 0.717) is 5.92 Å². The molecule has 1 heterocycles. The Morgan fingerprint density at radius 2 is 2.00 bits per heavy atom. The summed E-state index contributed by atoms with van der Waals surface area (Å²) in [6.45, 7) is 12.0. The molecule has 0 bridgehead atoms. The largest absolute Gasteiger partial charge is 0.312 e. The van der Waals surface area contributed by atoms with E-state index in [1.165, 1.54) is 11.3 Å². The molecule has 1 aromatic rings. The van der Waals surface area contributed by atoms with E-state index in [1.54, 1.807) is 0 Å². The quantitative estimate of drug-likeness (QED) is 0.843. The number of aromatic nitrogens is 1. The second-order valence-corrected chi connectivity index (χ2v) is 5.63. The minimum absolute atomic E-state index is 0.195. The van der Waals surface area contributed by atoms with Crippen molar-refractivity contribution in [2.45, 2.75) is 52.5 Å². The first-order valence-electron chi connectivity index (χ1n) is 6.09. The Morgan fingerprint density at radius 1 is 1.31 bits per heavy atom. The molecule has 16 heavy (non-hydrogen) atoms. The summed E-state index contributed by atoms with van der Waals surface area (Å²) in [6.07, 6.45) is 2.94. The van der Waals surface area contributed by atoms with E-state index in [0.717, 1.165) is 13.0 Å². The van der Waals surface area contributed by atoms with Crippen LogP contribution in [0.2, 0.25) is 0 Å². The summed E-state index contributed by atoms with van der Waals surface area (Å²) < 4.78 is 0. The average Bonchev–Trinajstić information content (AvgIpc) is 2.16. The Labute approximate surface area is 99.5 Å². The molecule has 1 N–H and O–H groups in total. The molecule has 1 aromatic heterocycles. The molecular formula is C14H24N2. The van der Waals surface area contributed by atoms with Gasteiger partial charge in [-0.2, -0.15) is 0 Å². The lowest BCUT2D eigenvalue weighted by molar-refractivity contribution is 0.429. The lowest BCUT2D eigenvalue weighted by Gasteiger charge is -2.21. The van der Waals surface area contributed by atoms with Gasteiger partial charge in [-0.1, -0.05) is 19.9 Å². The first-order chi connectivity index (χ1) is 7.40. The topological polar surface area (TPSA) is 24.9 Å². The molecule has 0 aliphatic heterocycles. The predicted molar refractivity (Wildman–Crippen MR) is 69.8 cm³/mol. The zero-order chi connectivity index (χ0) is 12.2. The first kappa shape index (κ1) is 13.2. The Kier molecular flexibility index (Phi) is 4.48. The van der Waals surface area contributed by atoms with E-state index < -0.39 is 0 Å². The maximum atomic E-state index is 4.47. The standard InChI is InChI=1S/C14H24N2/c1-11(2)13-12(7-6-9-15-13)8-10-16-14(3,4)5/h6-7,9,11,16H,8,10H2,1-5H3. The molecule has 0 unspecified atom stereocenters. The Bertz CT molecular complexity index is 324. The highest BCUT2D eigenvalue weighted by Gasteiger charge is 2.10. The number of hydrogen-bond donors (Lipinski definition) is 1.